The zero-order chi connectivity index (χ0) is 20.6. The van der Waals surface area contributed by atoms with Crippen molar-refractivity contribution >= 4 is 11.8 Å². The Hall–Kier alpha value is -2.04. The highest BCUT2D eigenvalue weighted by molar-refractivity contribution is 5.85. The van der Waals surface area contributed by atoms with Crippen LogP contribution in [0.15, 0.2) is 24.3 Å². The van der Waals surface area contributed by atoms with E-state index in [9.17, 15) is 9.59 Å². The minimum Gasteiger partial charge on any atom is -0.496 e. The molecule has 160 valence electrons. The molecule has 2 amide bonds. The summed E-state index contributed by atoms with van der Waals surface area (Å²) in [4.78, 5) is 28.2. The maximum Gasteiger partial charge on any atom is 0.225 e. The standard InChI is InChI=1S/C24H36N2O3/c1-3-4-17-26-22(27)16-15-20(23(26)19-13-9-10-14-21(19)29-2)24(28)25-18-11-7-5-6-8-12-18/h9-10,13-14,18,20,23H,3-8,11-12,15-17H2,1-2H3,(H,25,28). The van der Waals surface area contributed by atoms with Gasteiger partial charge in [-0.2, -0.15) is 0 Å². The largest absolute Gasteiger partial charge is 0.496 e. The van der Waals surface area contributed by atoms with Crippen LogP contribution in [0.5, 0.6) is 5.75 Å². The van der Waals surface area contributed by atoms with Gasteiger partial charge in [-0.05, 0) is 31.7 Å². The van der Waals surface area contributed by atoms with Gasteiger partial charge in [0, 0.05) is 24.6 Å². The summed E-state index contributed by atoms with van der Waals surface area (Å²) in [6.45, 7) is 2.81. The molecule has 2 unspecified atom stereocenters. The maximum atomic E-state index is 13.4. The van der Waals surface area contributed by atoms with Crippen molar-refractivity contribution in [3.63, 3.8) is 0 Å². The predicted molar refractivity (Wildman–Crippen MR) is 115 cm³/mol. The second-order valence-corrected chi connectivity index (χ2v) is 8.47. The molecular weight excluding hydrogens is 364 g/mol. The normalized spacial score (nSPS) is 23.5. The summed E-state index contributed by atoms with van der Waals surface area (Å²) in [5.74, 6) is 0.764. The number of rotatable bonds is 7. The molecule has 1 aliphatic carbocycles. The van der Waals surface area contributed by atoms with Gasteiger partial charge in [-0.25, -0.2) is 0 Å². The van der Waals surface area contributed by atoms with E-state index in [2.05, 4.69) is 12.2 Å². The van der Waals surface area contributed by atoms with Crippen LogP contribution in [0.3, 0.4) is 0 Å². The summed E-state index contributed by atoms with van der Waals surface area (Å²) < 4.78 is 5.61. The zero-order valence-corrected chi connectivity index (χ0v) is 18.0. The Kier molecular flexibility index (Phi) is 7.96. The van der Waals surface area contributed by atoms with E-state index in [-0.39, 0.29) is 29.8 Å². The Morgan fingerprint density at radius 1 is 1.14 bits per heavy atom. The molecule has 2 fully saturated rings. The molecule has 1 N–H and O–H groups in total. The summed E-state index contributed by atoms with van der Waals surface area (Å²) in [5, 5.41) is 3.34. The molecule has 1 aliphatic heterocycles. The van der Waals surface area contributed by atoms with E-state index in [4.69, 9.17) is 4.74 Å². The van der Waals surface area contributed by atoms with Crippen LogP contribution in [0.2, 0.25) is 0 Å². The number of piperidine rings is 1. The van der Waals surface area contributed by atoms with Crippen LogP contribution >= 0.6 is 0 Å². The van der Waals surface area contributed by atoms with Gasteiger partial charge in [0.1, 0.15) is 5.75 Å². The number of nitrogens with zero attached hydrogens (tertiary/aromatic N) is 1. The van der Waals surface area contributed by atoms with Crippen molar-refractivity contribution in [3.05, 3.63) is 29.8 Å². The number of likely N-dealkylation sites (tertiary alicyclic amines) is 1. The van der Waals surface area contributed by atoms with Crippen molar-refractivity contribution in [1.82, 2.24) is 10.2 Å². The number of carbonyl (C=O) groups is 2. The second-order valence-electron chi connectivity index (χ2n) is 8.47. The summed E-state index contributed by atoms with van der Waals surface area (Å²) in [6, 6.07) is 7.84. The van der Waals surface area contributed by atoms with Crippen LogP contribution in [-0.2, 0) is 9.59 Å². The van der Waals surface area contributed by atoms with E-state index in [0.29, 0.717) is 19.4 Å². The number of hydrogen-bond acceptors (Lipinski definition) is 3. The lowest BCUT2D eigenvalue weighted by Crippen LogP contribution is -2.50. The van der Waals surface area contributed by atoms with E-state index >= 15 is 0 Å². The first-order chi connectivity index (χ1) is 14.2. The fourth-order valence-electron chi connectivity index (χ4n) is 4.85. The molecule has 0 spiro atoms. The van der Waals surface area contributed by atoms with Gasteiger partial charge in [0.25, 0.3) is 0 Å². The third kappa shape index (κ3) is 5.31. The van der Waals surface area contributed by atoms with Crippen LogP contribution in [0.1, 0.15) is 82.7 Å². The highest BCUT2D eigenvalue weighted by Crippen LogP contribution is 2.41. The van der Waals surface area contributed by atoms with Gasteiger partial charge in [0.15, 0.2) is 0 Å². The van der Waals surface area contributed by atoms with Crippen molar-refractivity contribution in [3.8, 4) is 5.75 Å². The molecule has 2 aliphatic rings. The molecular formula is C24H36N2O3. The fraction of sp³-hybridized carbons (Fsp3) is 0.667. The van der Waals surface area contributed by atoms with Crippen molar-refractivity contribution in [1.29, 1.82) is 0 Å². The van der Waals surface area contributed by atoms with Crippen molar-refractivity contribution < 1.29 is 14.3 Å². The van der Waals surface area contributed by atoms with E-state index in [1.165, 1.54) is 25.7 Å². The smallest absolute Gasteiger partial charge is 0.225 e. The number of amides is 2. The molecule has 1 heterocycles. The first-order valence-corrected chi connectivity index (χ1v) is 11.4. The molecule has 0 bridgehead atoms. The summed E-state index contributed by atoms with van der Waals surface area (Å²) in [5.41, 5.74) is 0.945. The number of carbonyl (C=O) groups excluding carboxylic acids is 2. The lowest BCUT2D eigenvalue weighted by Gasteiger charge is -2.41. The highest BCUT2D eigenvalue weighted by Gasteiger charge is 2.41. The Labute approximate surface area is 175 Å². The van der Waals surface area contributed by atoms with Gasteiger partial charge in [-0.3, -0.25) is 9.59 Å². The monoisotopic (exact) mass is 400 g/mol. The number of methoxy groups -OCH3 is 1. The minimum atomic E-state index is -0.260. The van der Waals surface area contributed by atoms with Gasteiger partial charge < -0.3 is 15.0 Å². The van der Waals surface area contributed by atoms with E-state index in [0.717, 1.165) is 37.0 Å². The molecule has 1 saturated carbocycles. The predicted octanol–water partition coefficient (Wildman–Crippen LogP) is 4.61. The van der Waals surface area contributed by atoms with Gasteiger partial charge in [0.2, 0.25) is 11.8 Å². The van der Waals surface area contributed by atoms with E-state index in [1.54, 1.807) is 7.11 Å². The number of hydrogen-bond donors (Lipinski definition) is 1. The molecule has 1 saturated heterocycles. The Morgan fingerprint density at radius 2 is 1.86 bits per heavy atom. The average Bonchev–Trinajstić information content (AvgIpc) is 3.01. The SMILES string of the molecule is CCCCN1C(=O)CCC(C(=O)NC2CCCCCC2)C1c1ccccc1OC. The number of nitrogens with one attached hydrogen (secondary N) is 1. The lowest BCUT2D eigenvalue weighted by atomic mass is 9.82. The zero-order valence-electron chi connectivity index (χ0n) is 18.0. The highest BCUT2D eigenvalue weighted by atomic mass is 16.5. The van der Waals surface area contributed by atoms with Gasteiger partial charge in [-0.1, -0.05) is 57.2 Å². The van der Waals surface area contributed by atoms with Crippen LogP contribution in [0, 0.1) is 5.92 Å². The van der Waals surface area contributed by atoms with E-state index in [1.807, 2.05) is 29.2 Å². The van der Waals surface area contributed by atoms with Gasteiger partial charge in [0.05, 0.1) is 19.1 Å². The Bertz CT molecular complexity index is 682. The molecule has 0 aromatic heterocycles. The third-order valence-electron chi connectivity index (χ3n) is 6.45. The van der Waals surface area contributed by atoms with Gasteiger partial charge in [-0.15, -0.1) is 0 Å². The van der Waals surface area contributed by atoms with Crippen molar-refractivity contribution in [2.24, 2.45) is 5.92 Å². The molecule has 1 aromatic carbocycles. The fourth-order valence-corrected chi connectivity index (χ4v) is 4.85. The van der Waals surface area contributed by atoms with E-state index < -0.39 is 0 Å². The topological polar surface area (TPSA) is 58.6 Å². The lowest BCUT2D eigenvalue weighted by molar-refractivity contribution is -0.143. The first kappa shape index (κ1) is 21.7. The molecule has 5 nitrogen and oxygen atoms in total. The quantitative estimate of drug-likeness (QED) is 0.680. The molecule has 5 heteroatoms. The van der Waals surface area contributed by atoms with Crippen molar-refractivity contribution in [2.75, 3.05) is 13.7 Å². The van der Waals surface area contributed by atoms with Crippen LogP contribution in [0.4, 0.5) is 0 Å². The maximum absolute atomic E-state index is 13.4. The number of ether oxygens (including phenoxy) is 1. The summed E-state index contributed by atoms with van der Waals surface area (Å²) in [7, 11) is 1.65. The molecule has 3 rings (SSSR count). The number of benzene rings is 1. The third-order valence-corrected chi connectivity index (χ3v) is 6.45. The van der Waals surface area contributed by atoms with Crippen molar-refractivity contribution in [2.45, 2.75) is 83.2 Å². The Morgan fingerprint density at radius 3 is 2.55 bits per heavy atom. The van der Waals surface area contributed by atoms with Crippen LogP contribution in [0.25, 0.3) is 0 Å². The molecule has 1 aromatic rings. The van der Waals surface area contributed by atoms with Crippen LogP contribution < -0.4 is 10.1 Å². The summed E-state index contributed by atoms with van der Waals surface area (Å²) in [6.07, 6.45) is 10.0. The van der Waals surface area contributed by atoms with Gasteiger partial charge >= 0.3 is 0 Å². The minimum absolute atomic E-state index is 0.0989. The number of unbranched alkanes of at least 4 members (excludes halogenated alkanes) is 1. The number of para-hydroxylation sites is 1. The molecule has 2 atom stereocenters. The average molecular weight is 401 g/mol. The second kappa shape index (κ2) is 10.7. The molecule has 29 heavy (non-hydrogen) atoms. The Balaban J connectivity index is 1.87. The first-order valence-electron chi connectivity index (χ1n) is 11.4. The van der Waals surface area contributed by atoms with Crippen LogP contribution in [-0.4, -0.2) is 36.4 Å². The summed E-state index contributed by atoms with van der Waals surface area (Å²) >= 11 is 0. The molecule has 0 radical (unpaired) electrons.